The minimum absolute atomic E-state index is 0.000580. The Morgan fingerprint density at radius 3 is 2.18 bits per heavy atom. The van der Waals surface area contributed by atoms with Gasteiger partial charge in [0.1, 0.15) is 5.82 Å². The van der Waals surface area contributed by atoms with E-state index in [-0.39, 0.29) is 5.41 Å². The van der Waals surface area contributed by atoms with Crippen LogP contribution in [0.25, 0.3) is 34.3 Å². The number of rotatable bonds is 5. The van der Waals surface area contributed by atoms with Crippen LogP contribution in [0.2, 0.25) is 0 Å². The highest BCUT2D eigenvalue weighted by Crippen LogP contribution is 2.62. The molecule has 248 valence electrons. The van der Waals surface area contributed by atoms with Crippen LogP contribution < -0.4 is 0 Å². The number of hydrogen-bond acceptors (Lipinski definition) is 1. The fourth-order valence-corrected chi connectivity index (χ4v) is 9.87. The molecule has 5 aliphatic carbocycles. The lowest BCUT2D eigenvalue weighted by Gasteiger charge is -2.54. The van der Waals surface area contributed by atoms with E-state index < -0.39 is 0 Å². The van der Waals surface area contributed by atoms with Crippen LogP contribution in [-0.2, 0) is 6.42 Å². The Morgan fingerprint density at radius 2 is 1.46 bits per heavy atom. The molecule has 0 saturated heterocycles. The van der Waals surface area contributed by atoms with Gasteiger partial charge in [-0.15, -0.1) is 0 Å². The second-order valence-corrected chi connectivity index (χ2v) is 15.4. The zero-order valence-electron chi connectivity index (χ0n) is 29.5. The number of benzene rings is 3. The molecule has 0 saturated carbocycles. The Hall–Kier alpha value is -4.95. The van der Waals surface area contributed by atoms with Gasteiger partial charge < -0.3 is 0 Å². The summed E-state index contributed by atoms with van der Waals surface area (Å²) in [6.07, 6.45) is 26.3. The van der Waals surface area contributed by atoms with E-state index in [0.717, 1.165) is 31.5 Å². The molecular weight excluding hydrogens is 605 g/mol. The van der Waals surface area contributed by atoms with Crippen molar-refractivity contribution in [2.45, 2.75) is 46.5 Å². The third kappa shape index (κ3) is 5.11. The lowest BCUT2D eigenvalue weighted by Crippen LogP contribution is -2.46. The quantitative estimate of drug-likeness (QED) is 0.210. The summed E-state index contributed by atoms with van der Waals surface area (Å²) in [6.45, 7) is 7.32. The molecule has 0 N–H and O–H groups in total. The summed E-state index contributed by atoms with van der Waals surface area (Å²) in [4.78, 5) is 5.28. The normalized spacial score (nSPS) is 28.3. The monoisotopic (exact) mass is 650 g/mol. The van der Waals surface area contributed by atoms with E-state index in [2.05, 4.69) is 171 Å². The van der Waals surface area contributed by atoms with Gasteiger partial charge in [0.15, 0.2) is 0 Å². The SMILES string of the molecule is CC1C=Cc2c(nc(-c3ccccc3)n2C2=CC(C)C(C3C4C=C(c5ccccc5)CCC4=C(c4ccccc4)C4=CC=CC[C@@]43C)C=C2)C1. The van der Waals surface area contributed by atoms with Crippen molar-refractivity contribution in [2.24, 2.45) is 35.0 Å². The van der Waals surface area contributed by atoms with Crippen molar-refractivity contribution in [3.05, 3.63) is 173 Å². The molecule has 50 heavy (non-hydrogen) atoms. The molecular formula is C48H46N2. The molecule has 5 unspecified atom stereocenters. The molecule has 6 atom stereocenters. The third-order valence-electron chi connectivity index (χ3n) is 12.2. The third-order valence-corrected chi connectivity index (χ3v) is 12.2. The first-order valence-corrected chi connectivity index (χ1v) is 18.7. The largest absolute Gasteiger partial charge is 0.293 e. The molecule has 1 heterocycles. The maximum absolute atomic E-state index is 5.28. The molecule has 0 fully saturated rings. The van der Waals surface area contributed by atoms with Gasteiger partial charge in [0.05, 0.1) is 11.4 Å². The second-order valence-electron chi connectivity index (χ2n) is 15.4. The van der Waals surface area contributed by atoms with Gasteiger partial charge in [-0.3, -0.25) is 4.57 Å². The van der Waals surface area contributed by atoms with Gasteiger partial charge in [0, 0.05) is 22.6 Å². The molecule has 0 aliphatic heterocycles. The second kappa shape index (κ2) is 12.4. The molecule has 5 aliphatic rings. The van der Waals surface area contributed by atoms with Crippen LogP contribution in [-0.4, -0.2) is 9.55 Å². The first kappa shape index (κ1) is 31.1. The van der Waals surface area contributed by atoms with E-state index in [1.807, 2.05) is 0 Å². The van der Waals surface area contributed by atoms with Crippen LogP contribution in [0.4, 0.5) is 0 Å². The zero-order valence-corrected chi connectivity index (χ0v) is 29.5. The Kier molecular flexibility index (Phi) is 7.72. The summed E-state index contributed by atoms with van der Waals surface area (Å²) < 4.78 is 2.43. The van der Waals surface area contributed by atoms with Crippen LogP contribution in [0.1, 0.15) is 62.5 Å². The first-order chi connectivity index (χ1) is 24.5. The number of aromatic nitrogens is 2. The topological polar surface area (TPSA) is 17.8 Å². The average Bonchev–Trinajstić information content (AvgIpc) is 3.53. The fraction of sp³-hybridized carbons (Fsp3) is 0.271. The first-order valence-electron chi connectivity index (χ1n) is 18.7. The Morgan fingerprint density at radius 1 is 0.760 bits per heavy atom. The number of nitrogens with zero attached hydrogens (tertiary/aromatic N) is 2. The van der Waals surface area contributed by atoms with E-state index in [0.29, 0.717) is 29.6 Å². The zero-order chi connectivity index (χ0) is 33.8. The summed E-state index contributed by atoms with van der Waals surface area (Å²) >= 11 is 0. The predicted octanol–water partition coefficient (Wildman–Crippen LogP) is 11.9. The minimum Gasteiger partial charge on any atom is -0.293 e. The number of hydrogen-bond donors (Lipinski definition) is 0. The maximum atomic E-state index is 5.28. The van der Waals surface area contributed by atoms with Gasteiger partial charge >= 0.3 is 0 Å². The summed E-state index contributed by atoms with van der Waals surface area (Å²) in [5, 5.41) is 0. The summed E-state index contributed by atoms with van der Waals surface area (Å²) in [6, 6.07) is 33.1. The highest BCUT2D eigenvalue weighted by atomic mass is 15.1. The molecule has 9 rings (SSSR count). The maximum Gasteiger partial charge on any atom is 0.145 e. The van der Waals surface area contributed by atoms with Crippen LogP contribution in [0.5, 0.6) is 0 Å². The van der Waals surface area contributed by atoms with Crippen molar-refractivity contribution in [3.8, 4) is 11.4 Å². The lowest BCUT2D eigenvalue weighted by atomic mass is 9.49. The van der Waals surface area contributed by atoms with E-state index >= 15 is 0 Å². The van der Waals surface area contributed by atoms with E-state index in [1.54, 1.807) is 5.57 Å². The highest BCUT2D eigenvalue weighted by molar-refractivity contribution is 5.87. The summed E-state index contributed by atoms with van der Waals surface area (Å²) in [7, 11) is 0. The van der Waals surface area contributed by atoms with Gasteiger partial charge in [-0.25, -0.2) is 4.98 Å². The highest BCUT2D eigenvalue weighted by Gasteiger charge is 2.52. The van der Waals surface area contributed by atoms with Gasteiger partial charge in [0.25, 0.3) is 0 Å². The molecule has 4 aromatic rings. The summed E-state index contributed by atoms with van der Waals surface area (Å²) in [5.41, 5.74) is 13.7. The molecule has 0 bridgehead atoms. The summed E-state index contributed by atoms with van der Waals surface area (Å²) in [5.74, 6) is 3.07. The van der Waals surface area contributed by atoms with Crippen LogP contribution in [0.15, 0.2) is 151 Å². The molecule has 1 aromatic heterocycles. The number of allylic oxidation sites excluding steroid dienone is 13. The van der Waals surface area contributed by atoms with Crippen molar-refractivity contribution in [1.29, 1.82) is 0 Å². The lowest BCUT2D eigenvalue weighted by molar-refractivity contribution is 0.122. The fourth-order valence-electron chi connectivity index (χ4n) is 9.87. The van der Waals surface area contributed by atoms with Crippen LogP contribution in [0.3, 0.4) is 0 Å². The molecule has 0 radical (unpaired) electrons. The van der Waals surface area contributed by atoms with Crippen LogP contribution in [0, 0.1) is 35.0 Å². The average molecular weight is 651 g/mol. The van der Waals surface area contributed by atoms with Crippen LogP contribution >= 0.6 is 0 Å². The van der Waals surface area contributed by atoms with Gasteiger partial charge in [0.2, 0.25) is 0 Å². The van der Waals surface area contributed by atoms with Crippen molar-refractivity contribution < 1.29 is 0 Å². The Bertz CT molecular complexity index is 2150. The minimum atomic E-state index is 0.000580. The van der Waals surface area contributed by atoms with E-state index in [4.69, 9.17) is 4.98 Å². The molecule has 0 spiro atoms. The Balaban J connectivity index is 1.18. The standard InChI is InChI=1S/C48H46N2/c1-32-22-27-44-43(29-32)49-47(36-19-11-6-12-20-36)50(44)38-24-26-39(33(2)30-38)46-41-31-37(34-15-7-4-8-16-34)23-25-40(41)45(35-17-9-5-10-18-35)42-21-13-14-28-48(42,46)3/h4-22,24,26-27,30-33,39,41,46H,23,25,28-29H2,1-3H3/t32?,33?,39?,41?,46?,48-/m0/s1. The smallest absolute Gasteiger partial charge is 0.145 e. The Labute approximate surface area is 297 Å². The number of imidazole rings is 1. The molecule has 2 heteroatoms. The van der Waals surface area contributed by atoms with E-state index in [9.17, 15) is 0 Å². The predicted molar refractivity (Wildman–Crippen MR) is 210 cm³/mol. The van der Waals surface area contributed by atoms with Crippen molar-refractivity contribution in [1.82, 2.24) is 9.55 Å². The van der Waals surface area contributed by atoms with Crippen molar-refractivity contribution in [3.63, 3.8) is 0 Å². The van der Waals surface area contributed by atoms with Gasteiger partial charge in [-0.05, 0) is 89.4 Å². The van der Waals surface area contributed by atoms with E-state index in [1.165, 1.54) is 50.5 Å². The van der Waals surface area contributed by atoms with Gasteiger partial charge in [-0.1, -0.05) is 160 Å². The van der Waals surface area contributed by atoms with Crippen molar-refractivity contribution in [2.75, 3.05) is 0 Å². The molecule has 3 aromatic carbocycles. The van der Waals surface area contributed by atoms with Gasteiger partial charge in [-0.2, -0.15) is 0 Å². The van der Waals surface area contributed by atoms with Crippen molar-refractivity contribution >= 4 is 22.9 Å². The molecule has 2 nitrogen and oxygen atoms in total. The molecule has 0 amide bonds. The number of fused-ring (bicyclic) bond motifs is 3.